The molecule has 4 rings (SSSR count). The number of hydrogen-bond donors (Lipinski definition) is 0. The van der Waals surface area contributed by atoms with Gasteiger partial charge in [0.05, 0.1) is 21.6 Å². The van der Waals surface area contributed by atoms with Gasteiger partial charge in [-0.1, -0.05) is 0 Å². The normalized spacial score (nSPS) is 14.5. The average Bonchev–Trinajstić information content (AvgIpc) is 3.04. The van der Waals surface area contributed by atoms with Crippen molar-refractivity contribution in [1.29, 1.82) is 0 Å². The zero-order valence-corrected chi connectivity index (χ0v) is 15.4. The van der Waals surface area contributed by atoms with Crippen LogP contribution in [0.15, 0.2) is 58.5 Å². The molecule has 0 spiro atoms. The molecule has 0 atom stereocenters. The quantitative estimate of drug-likeness (QED) is 0.676. The van der Waals surface area contributed by atoms with Crippen molar-refractivity contribution in [2.75, 3.05) is 19.5 Å². The van der Waals surface area contributed by atoms with Crippen molar-refractivity contribution in [3.63, 3.8) is 0 Å². The first kappa shape index (κ1) is 16.9. The molecule has 0 aliphatic carbocycles. The number of fused-ring (bicyclic) bond motifs is 2. The maximum Gasteiger partial charge on any atom is 0.236 e. The van der Waals surface area contributed by atoms with Gasteiger partial charge in [0.25, 0.3) is 0 Å². The maximum atomic E-state index is 12.9. The van der Waals surface area contributed by atoms with E-state index in [-0.39, 0.29) is 9.79 Å². The fourth-order valence-corrected chi connectivity index (χ4v) is 4.99. The number of ether oxygens (including phenoxy) is 2. The Balaban J connectivity index is 1.81. The summed E-state index contributed by atoms with van der Waals surface area (Å²) < 4.78 is 61.4. The summed E-state index contributed by atoms with van der Waals surface area (Å²) in [6.45, 7) is 0.786. The van der Waals surface area contributed by atoms with E-state index in [0.29, 0.717) is 35.6 Å². The van der Waals surface area contributed by atoms with Crippen molar-refractivity contribution in [2.24, 2.45) is 0 Å². The van der Waals surface area contributed by atoms with E-state index in [1.54, 1.807) is 12.1 Å². The largest absolute Gasteiger partial charge is 0.486 e. The highest BCUT2D eigenvalue weighted by Gasteiger charge is 2.22. The molecule has 9 heteroatoms. The molecule has 1 aromatic heterocycles. The molecule has 0 saturated carbocycles. The Hall–Kier alpha value is -2.52. The molecule has 3 aromatic rings. The van der Waals surface area contributed by atoms with Crippen LogP contribution in [0.1, 0.15) is 0 Å². The second-order valence-electron chi connectivity index (χ2n) is 5.90. The summed E-state index contributed by atoms with van der Waals surface area (Å²) in [5, 5.41) is 0.522. The Morgan fingerprint density at radius 1 is 0.846 bits per heavy atom. The van der Waals surface area contributed by atoms with Gasteiger partial charge < -0.3 is 9.47 Å². The molecule has 0 unspecified atom stereocenters. The van der Waals surface area contributed by atoms with Gasteiger partial charge in [-0.25, -0.2) is 20.8 Å². The molecule has 0 amide bonds. The van der Waals surface area contributed by atoms with Crippen LogP contribution in [0.25, 0.3) is 10.9 Å². The molecule has 26 heavy (non-hydrogen) atoms. The molecule has 0 saturated heterocycles. The average molecular weight is 393 g/mol. The number of hydrogen-bond acceptors (Lipinski definition) is 6. The minimum atomic E-state index is -3.78. The monoisotopic (exact) mass is 393 g/mol. The summed E-state index contributed by atoms with van der Waals surface area (Å²) in [5.41, 5.74) is 0.425. The fraction of sp³-hybridized carbons (Fsp3) is 0.176. The third-order valence-corrected chi connectivity index (χ3v) is 6.90. The predicted octanol–water partition coefficient (Wildman–Crippen LogP) is 2.05. The van der Waals surface area contributed by atoms with Gasteiger partial charge in [0.15, 0.2) is 11.5 Å². The van der Waals surface area contributed by atoms with Gasteiger partial charge in [0.1, 0.15) is 13.2 Å². The number of rotatable bonds is 3. The van der Waals surface area contributed by atoms with Crippen LogP contribution < -0.4 is 9.47 Å². The Morgan fingerprint density at radius 2 is 1.50 bits per heavy atom. The molecule has 1 aliphatic rings. The molecular formula is C17H15NO6S2. The molecule has 0 N–H and O–H groups in total. The van der Waals surface area contributed by atoms with E-state index in [0.717, 1.165) is 10.2 Å². The van der Waals surface area contributed by atoms with E-state index in [1.807, 2.05) is 0 Å². The van der Waals surface area contributed by atoms with Crippen molar-refractivity contribution in [3.8, 4) is 11.5 Å². The van der Waals surface area contributed by atoms with E-state index in [2.05, 4.69) is 0 Å². The summed E-state index contributed by atoms with van der Waals surface area (Å²) in [6, 6.07) is 10.4. The summed E-state index contributed by atoms with van der Waals surface area (Å²) in [7, 11) is -7.24. The first-order valence-corrected chi connectivity index (χ1v) is 11.1. The first-order valence-electron chi connectivity index (χ1n) is 7.73. The number of sulfone groups is 1. The lowest BCUT2D eigenvalue weighted by Crippen LogP contribution is -2.15. The van der Waals surface area contributed by atoms with E-state index in [4.69, 9.17) is 9.47 Å². The Labute approximate surface area is 150 Å². The van der Waals surface area contributed by atoms with Crippen LogP contribution >= 0.6 is 0 Å². The SMILES string of the molecule is CS(=O)(=O)n1ccc2cc(S(=O)(=O)c3ccc4c(c3)OCCO4)ccc21. The lowest BCUT2D eigenvalue weighted by atomic mass is 10.2. The standard InChI is InChI=1S/C17H15NO6S2/c1-25(19,20)18-7-6-12-10-13(2-4-15(12)18)26(21,22)14-3-5-16-17(11-14)24-9-8-23-16/h2-7,10-11H,8-9H2,1H3. The van der Waals surface area contributed by atoms with Crippen LogP contribution in [0.5, 0.6) is 11.5 Å². The van der Waals surface area contributed by atoms with Crippen LogP contribution in [0.4, 0.5) is 0 Å². The van der Waals surface area contributed by atoms with E-state index >= 15 is 0 Å². The minimum absolute atomic E-state index is 0.0768. The van der Waals surface area contributed by atoms with Gasteiger partial charge >= 0.3 is 0 Å². The van der Waals surface area contributed by atoms with Crippen LogP contribution in [0.2, 0.25) is 0 Å². The van der Waals surface area contributed by atoms with Crippen molar-refractivity contribution < 1.29 is 26.3 Å². The van der Waals surface area contributed by atoms with Crippen molar-refractivity contribution >= 4 is 30.8 Å². The number of nitrogens with zero attached hydrogens (tertiary/aromatic N) is 1. The predicted molar refractivity (Wildman–Crippen MR) is 95.1 cm³/mol. The summed E-state index contributed by atoms with van der Waals surface area (Å²) in [5.74, 6) is 0.900. The van der Waals surface area contributed by atoms with Gasteiger partial charge in [-0.05, 0) is 36.4 Å². The van der Waals surface area contributed by atoms with Gasteiger partial charge in [0, 0.05) is 17.6 Å². The van der Waals surface area contributed by atoms with Gasteiger partial charge in [-0.2, -0.15) is 0 Å². The van der Waals surface area contributed by atoms with Crippen LogP contribution in [0, 0.1) is 0 Å². The molecule has 136 valence electrons. The lowest BCUT2D eigenvalue weighted by molar-refractivity contribution is 0.171. The number of benzene rings is 2. The molecule has 1 aliphatic heterocycles. The van der Waals surface area contributed by atoms with Crippen LogP contribution in [-0.4, -0.2) is 40.3 Å². The molecular weight excluding hydrogens is 378 g/mol. The van der Waals surface area contributed by atoms with Crippen molar-refractivity contribution in [1.82, 2.24) is 3.97 Å². The van der Waals surface area contributed by atoms with Crippen LogP contribution in [0.3, 0.4) is 0 Å². The third-order valence-electron chi connectivity index (χ3n) is 4.12. The number of aromatic nitrogens is 1. The fourth-order valence-electron chi connectivity index (χ4n) is 2.88. The van der Waals surface area contributed by atoms with E-state index in [9.17, 15) is 16.8 Å². The second-order valence-corrected chi connectivity index (χ2v) is 9.71. The second kappa shape index (κ2) is 5.75. The Bertz CT molecular complexity index is 1230. The smallest absolute Gasteiger partial charge is 0.236 e. The topological polar surface area (TPSA) is 91.7 Å². The first-order chi connectivity index (χ1) is 12.3. The molecule has 0 radical (unpaired) electrons. The highest BCUT2D eigenvalue weighted by Crippen LogP contribution is 2.34. The molecule has 0 fully saturated rings. The van der Waals surface area contributed by atoms with Crippen LogP contribution in [-0.2, 0) is 19.9 Å². The summed E-state index contributed by atoms with van der Waals surface area (Å²) >= 11 is 0. The molecule has 2 heterocycles. The highest BCUT2D eigenvalue weighted by molar-refractivity contribution is 7.91. The van der Waals surface area contributed by atoms with Gasteiger partial charge in [0.2, 0.25) is 19.9 Å². The minimum Gasteiger partial charge on any atom is -0.486 e. The maximum absolute atomic E-state index is 12.9. The van der Waals surface area contributed by atoms with Gasteiger partial charge in [-0.15, -0.1) is 0 Å². The third kappa shape index (κ3) is 2.73. The highest BCUT2D eigenvalue weighted by atomic mass is 32.2. The molecule has 7 nitrogen and oxygen atoms in total. The molecule has 2 aromatic carbocycles. The Morgan fingerprint density at radius 3 is 2.23 bits per heavy atom. The summed E-state index contributed by atoms with van der Waals surface area (Å²) in [6.07, 6.45) is 2.49. The van der Waals surface area contributed by atoms with E-state index in [1.165, 1.54) is 36.5 Å². The zero-order valence-electron chi connectivity index (χ0n) is 13.7. The lowest BCUT2D eigenvalue weighted by Gasteiger charge is -2.18. The molecule has 0 bridgehead atoms. The summed E-state index contributed by atoms with van der Waals surface area (Å²) in [4.78, 5) is 0.163. The van der Waals surface area contributed by atoms with E-state index < -0.39 is 19.9 Å². The Kier molecular flexibility index (Phi) is 3.74. The van der Waals surface area contributed by atoms with Crippen molar-refractivity contribution in [3.05, 3.63) is 48.7 Å². The van der Waals surface area contributed by atoms with Gasteiger partial charge in [-0.3, -0.25) is 0 Å². The van der Waals surface area contributed by atoms with Crippen molar-refractivity contribution in [2.45, 2.75) is 9.79 Å². The zero-order chi connectivity index (χ0) is 18.5.